The van der Waals surface area contributed by atoms with E-state index in [4.69, 9.17) is 16.3 Å². The highest BCUT2D eigenvalue weighted by atomic mass is 35.5. The SMILES string of the molecule is CC(C)(C)C1CCC(C(=O)NNC(=O)COc2ccccc2Cl)CC1. The van der Waals surface area contributed by atoms with E-state index in [0.29, 0.717) is 16.7 Å². The number of carbonyl (C=O) groups excluding carboxylic acids is 2. The Balaban J connectivity index is 1.70. The van der Waals surface area contributed by atoms with Gasteiger partial charge in [-0.2, -0.15) is 0 Å². The molecule has 1 aliphatic rings. The van der Waals surface area contributed by atoms with Crippen molar-refractivity contribution in [1.29, 1.82) is 0 Å². The van der Waals surface area contributed by atoms with Gasteiger partial charge in [-0.25, -0.2) is 0 Å². The van der Waals surface area contributed by atoms with Crippen LogP contribution in [-0.4, -0.2) is 18.4 Å². The van der Waals surface area contributed by atoms with Crippen LogP contribution in [0.1, 0.15) is 46.5 Å². The van der Waals surface area contributed by atoms with E-state index in [9.17, 15) is 9.59 Å². The van der Waals surface area contributed by atoms with Crippen LogP contribution in [0.3, 0.4) is 0 Å². The highest BCUT2D eigenvalue weighted by Crippen LogP contribution is 2.39. The van der Waals surface area contributed by atoms with Crippen molar-refractivity contribution in [2.75, 3.05) is 6.61 Å². The minimum atomic E-state index is -0.420. The molecule has 0 spiro atoms. The molecule has 0 radical (unpaired) electrons. The topological polar surface area (TPSA) is 67.4 Å². The quantitative estimate of drug-likeness (QED) is 0.798. The molecule has 0 aromatic heterocycles. The summed E-state index contributed by atoms with van der Waals surface area (Å²) in [6.07, 6.45) is 3.82. The standard InChI is InChI=1S/C19H27ClN2O3/c1-19(2,3)14-10-8-13(9-11-14)18(24)22-21-17(23)12-25-16-7-5-4-6-15(16)20/h4-7,13-14H,8-12H2,1-3H3,(H,21,23)(H,22,24). The van der Waals surface area contributed by atoms with E-state index in [1.54, 1.807) is 24.3 Å². The zero-order valence-electron chi connectivity index (χ0n) is 15.1. The summed E-state index contributed by atoms with van der Waals surface area (Å²) in [5, 5.41) is 0.440. The van der Waals surface area contributed by atoms with E-state index in [-0.39, 0.29) is 23.8 Å². The van der Waals surface area contributed by atoms with Gasteiger partial charge in [0, 0.05) is 5.92 Å². The van der Waals surface area contributed by atoms with Gasteiger partial charge < -0.3 is 4.74 Å². The number of halogens is 1. The van der Waals surface area contributed by atoms with Gasteiger partial charge in [0.05, 0.1) is 5.02 Å². The third-order valence-electron chi connectivity index (χ3n) is 4.84. The largest absolute Gasteiger partial charge is 0.482 e. The fourth-order valence-electron chi connectivity index (χ4n) is 3.20. The maximum absolute atomic E-state index is 12.2. The minimum Gasteiger partial charge on any atom is -0.482 e. The molecule has 5 nitrogen and oxygen atoms in total. The summed E-state index contributed by atoms with van der Waals surface area (Å²) in [6, 6.07) is 6.92. The monoisotopic (exact) mass is 366 g/mol. The van der Waals surface area contributed by atoms with Crippen LogP contribution >= 0.6 is 11.6 Å². The van der Waals surface area contributed by atoms with E-state index < -0.39 is 5.91 Å². The van der Waals surface area contributed by atoms with Crippen LogP contribution in [-0.2, 0) is 9.59 Å². The summed E-state index contributed by atoms with van der Waals surface area (Å²) < 4.78 is 5.33. The Kier molecular flexibility index (Phi) is 6.71. The molecule has 1 fully saturated rings. The van der Waals surface area contributed by atoms with Crippen molar-refractivity contribution in [3.8, 4) is 5.75 Å². The average Bonchev–Trinajstić information content (AvgIpc) is 2.58. The Morgan fingerprint density at radius 1 is 1.12 bits per heavy atom. The zero-order valence-corrected chi connectivity index (χ0v) is 15.9. The van der Waals surface area contributed by atoms with Crippen LogP contribution in [0.4, 0.5) is 0 Å². The Morgan fingerprint density at radius 3 is 2.36 bits per heavy atom. The molecule has 2 amide bonds. The lowest BCUT2D eigenvalue weighted by molar-refractivity contribution is -0.133. The lowest BCUT2D eigenvalue weighted by Crippen LogP contribution is -2.47. The summed E-state index contributed by atoms with van der Waals surface area (Å²) in [6.45, 7) is 6.53. The first kappa shape index (κ1) is 19.6. The fourth-order valence-corrected chi connectivity index (χ4v) is 3.39. The van der Waals surface area contributed by atoms with Crippen LogP contribution in [0, 0.1) is 17.3 Å². The number of hydrogen-bond acceptors (Lipinski definition) is 3. The fraction of sp³-hybridized carbons (Fsp3) is 0.579. The number of benzene rings is 1. The maximum atomic E-state index is 12.2. The van der Waals surface area contributed by atoms with Gasteiger partial charge in [-0.05, 0) is 49.1 Å². The number of ether oxygens (including phenoxy) is 1. The van der Waals surface area contributed by atoms with Gasteiger partial charge in [-0.1, -0.05) is 44.5 Å². The first-order valence-corrected chi connectivity index (χ1v) is 9.11. The van der Waals surface area contributed by atoms with Crippen molar-refractivity contribution in [2.24, 2.45) is 17.3 Å². The van der Waals surface area contributed by atoms with Gasteiger partial charge in [0.25, 0.3) is 5.91 Å². The first-order valence-electron chi connectivity index (χ1n) is 8.73. The van der Waals surface area contributed by atoms with Gasteiger partial charge in [-0.15, -0.1) is 0 Å². The molecular weight excluding hydrogens is 340 g/mol. The molecule has 1 aromatic carbocycles. The van der Waals surface area contributed by atoms with Gasteiger partial charge in [0.2, 0.25) is 5.91 Å². The third kappa shape index (κ3) is 5.92. The number of rotatable bonds is 4. The van der Waals surface area contributed by atoms with Crippen molar-refractivity contribution < 1.29 is 14.3 Å². The Labute approximate surface area is 154 Å². The summed E-state index contributed by atoms with van der Waals surface area (Å²) in [4.78, 5) is 24.0. The number of carbonyl (C=O) groups is 2. The lowest BCUT2D eigenvalue weighted by atomic mass is 9.70. The zero-order chi connectivity index (χ0) is 18.4. The molecule has 0 aliphatic heterocycles. The number of hydrazine groups is 1. The maximum Gasteiger partial charge on any atom is 0.276 e. The predicted octanol–water partition coefficient (Wildman–Crippen LogP) is 3.72. The Morgan fingerprint density at radius 2 is 1.76 bits per heavy atom. The Bertz CT molecular complexity index is 605. The molecule has 2 N–H and O–H groups in total. The Hall–Kier alpha value is -1.75. The van der Waals surface area contributed by atoms with Gasteiger partial charge in [0.15, 0.2) is 6.61 Å². The molecule has 0 heterocycles. The molecular formula is C19H27ClN2O3. The molecule has 0 saturated heterocycles. The van der Waals surface area contributed by atoms with E-state index in [2.05, 4.69) is 31.6 Å². The van der Waals surface area contributed by atoms with Crippen LogP contribution < -0.4 is 15.6 Å². The molecule has 1 aromatic rings. The second-order valence-electron chi connectivity index (χ2n) is 7.67. The van der Waals surface area contributed by atoms with Crippen molar-refractivity contribution in [3.05, 3.63) is 29.3 Å². The van der Waals surface area contributed by atoms with Gasteiger partial charge in [0.1, 0.15) is 5.75 Å². The third-order valence-corrected chi connectivity index (χ3v) is 5.16. The second-order valence-corrected chi connectivity index (χ2v) is 8.08. The van der Waals surface area contributed by atoms with Crippen LogP contribution in [0.25, 0.3) is 0 Å². The molecule has 6 heteroatoms. The molecule has 0 unspecified atom stereocenters. The van der Waals surface area contributed by atoms with Crippen LogP contribution in [0.15, 0.2) is 24.3 Å². The average molecular weight is 367 g/mol. The summed E-state index contributed by atoms with van der Waals surface area (Å²) in [5.74, 6) is 0.500. The van der Waals surface area contributed by atoms with Gasteiger partial charge in [-0.3, -0.25) is 20.4 Å². The summed E-state index contributed by atoms with van der Waals surface area (Å²) in [5.41, 5.74) is 5.19. The molecule has 25 heavy (non-hydrogen) atoms. The highest BCUT2D eigenvalue weighted by Gasteiger charge is 2.32. The number of hydrogen-bond donors (Lipinski definition) is 2. The minimum absolute atomic E-state index is 0.0385. The number of nitrogens with one attached hydrogen (secondary N) is 2. The van der Waals surface area contributed by atoms with E-state index in [0.717, 1.165) is 25.7 Å². The molecule has 1 saturated carbocycles. The van der Waals surface area contributed by atoms with Crippen molar-refractivity contribution in [3.63, 3.8) is 0 Å². The van der Waals surface area contributed by atoms with Crippen LogP contribution in [0.5, 0.6) is 5.75 Å². The molecule has 1 aliphatic carbocycles. The second kappa shape index (κ2) is 8.56. The first-order chi connectivity index (χ1) is 11.8. The molecule has 138 valence electrons. The van der Waals surface area contributed by atoms with Crippen molar-refractivity contribution >= 4 is 23.4 Å². The van der Waals surface area contributed by atoms with Crippen molar-refractivity contribution in [2.45, 2.75) is 46.5 Å². The lowest BCUT2D eigenvalue weighted by Gasteiger charge is -2.36. The predicted molar refractivity (Wildman–Crippen MR) is 98.1 cm³/mol. The van der Waals surface area contributed by atoms with Crippen molar-refractivity contribution in [1.82, 2.24) is 10.9 Å². The molecule has 0 bridgehead atoms. The summed E-state index contributed by atoms with van der Waals surface area (Å²) >= 11 is 5.95. The number of para-hydroxylation sites is 1. The normalized spacial score (nSPS) is 20.6. The highest BCUT2D eigenvalue weighted by molar-refractivity contribution is 6.32. The van der Waals surface area contributed by atoms with Crippen LogP contribution in [0.2, 0.25) is 5.02 Å². The molecule has 2 rings (SSSR count). The van der Waals surface area contributed by atoms with E-state index in [1.165, 1.54) is 0 Å². The van der Waals surface area contributed by atoms with E-state index >= 15 is 0 Å². The van der Waals surface area contributed by atoms with Gasteiger partial charge >= 0.3 is 0 Å². The number of amides is 2. The smallest absolute Gasteiger partial charge is 0.276 e. The molecule has 0 atom stereocenters. The van der Waals surface area contributed by atoms with E-state index in [1.807, 2.05) is 0 Å². The summed E-state index contributed by atoms with van der Waals surface area (Å²) in [7, 11) is 0.